The van der Waals surface area contributed by atoms with E-state index >= 15 is 0 Å². The van der Waals surface area contributed by atoms with Gasteiger partial charge in [0, 0.05) is 17.4 Å². The number of rotatable bonds is 2. The molecular weight excluding hydrogens is 313 g/mol. The molecule has 1 aromatic rings. The van der Waals surface area contributed by atoms with E-state index in [-0.39, 0.29) is 25.4 Å². The summed E-state index contributed by atoms with van der Waals surface area (Å²) in [6.45, 7) is -0.252. The molecule has 1 atom stereocenters. The highest BCUT2D eigenvalue weighted by molar-refractivity contribution is 9.10. The highest BCUT2D eigenvalue weighted by Crippen LogP contribution is 2.30. The molecule has 1 fully saturated rings. The number of hydrogen-bond acceptors (Lipinski definition) is 3. The Bertz CT molecular complexity index is 478. The van der Waals surface area contributed by atoms with Crippen molar-refractivity contribution in [1.29, 1.82) is 0 Å². The van der Waals surface area contributed by atoms with Crippen molar-refractivity contribution < 1.29 is 19.1 Å². The van der Waals surface area contributed by atoms with Crippen LogP contribution in [0.25, 0.3) is 0 Å². The molecule has 1 aliphatic rings. The molecule has 1 unspecified atom stereocenters. The number of carbonyl (C=O) groups excluding carboxylic acids is 1. The fraction of sp³-hybridized carbons (Fsp3) is 0.400. The molecule has 1 N–H and O–H groups in total. The van der Waals surface area contributed by atoms with Gasteiger partial charge in [0.25, 0.3) is 5.91 Å². The molecule has 7 heteroatoms. The predicted molar refractivity (Wildman–Crippen MR) is 64.0 cm³/mol. The Balaban J connectivity index is 2.15. The fourth-order valence-electron chi connectivity index (χ4n) is 1.71. The Labute approximate surface area is 109 Å². The summed E-state index contributed by atoms with van der Waals surface area (Å²) < 4.78 is 14.4. The number of likely N-dealkylation sites (tertiary alicyclic amines) is 1. The van der Waals surface area contributed by atoms with Crippen LogP contribution in [0.3, 0.4) is 0 Å². The maximum absolute atomic E-state index is 13.8. The summed E-state index contributed by atoms with van der Waals surface area (Å²) in [5.41, 5.74) is -2.31. The first-order valence-electron chi connectivity index (χ1n) is 4.88. The average Bonchev–Trinajstić information content (AvgIpc) is 2.85. The van der Waals surface area contributed by atoms with Crippen LogP contribution in [0.5, 0.6) is 0 Å². The van der Waals surface area contributed by atoms with E-state index in [2.05, 4.69) is 15.9 Å². The lowest BCUT2D eigenvalue weighted by molar-refractivity contribution is -0.149. The van der Waals surface area contributed by atoms with Gasteiger partial charge in [-0.1, -0.05) is 0 Å². The average molecular weight is 322 g/mol. The van der Waals surface area contributed by atoms with E-state index in [1.807, 2.05) is 0 Å². The van der Waals surface area contributed by atoms with Crippen LogP contribution in [0.1, 0.15) is 16.1 Å². The zero-order valence-electron chi connectivity index (χ0n) is 8.65. The molecule has 17 heavy (non-hydrogen) atoms. The summed E-state index contributed by atoms with van der Waals surface area (Å²) >= 11 is 4.47. The lowest BCUT2D eigenvalue weighted by Gasteiger charge is -2.17. The third-order valence-electron chi connectivity index (χ3n) is 2.70. The summed E-state index contributed by atoms with van der Waals surface area (Å²) in [6, 6.07) is 1.73. The molecule has 0 bridgehead atoms. The van der Waals surface area contributed by atoms with E-state index in [9.17, 15) is 14.0 Å². The van der Waals surface area contributed by atoms with E-state index in [1.54, 1.807) is 11.4 Å². The van der Waals surface area contributed by atoms with Crippen LogP contribution in [0.4, 0.5) is 4.39 Å². The minimum Gasteiger partial charge on any atom is -0.479 e. The van der Waals surface area contributed by atoms with Crippen LogP contribution in [-0.2, 0) is 4.79 Å². The van der Waals surface area contributed by atoms with Crippen molar-refractivity contribution in [2.24, 2.45) is 0 Å². The molecule has 1 saturated heterocycles. The summed E-state index contributed by atoms with van der Waals surface area (Å²) in [5, 5.41) is 10.5. The first-order chi connectivity index (χ1) is 7.94. The maximum atomic E-state index is 13.8. The number of thiophene rings is 1. The Morgan fingerprint density at radius 1 is 1.59 bits per heavy atom. The lowest BCUT2D eigenvalue weighted by atomic mass is 10.1. The molecule has 0 aliphatic carbocycles. The number of amides is 1. The van der Waals surface area contributed by atoms with Crippen LogP contribution in [-0.4, -0.2) is 40.6 Å². The summed E-state index contributed by atoms with van der Waals surface area (Å²) in [5.74, 6) is -1.83. The zero-order chi connectivity index (χ0) is 12.6. The molecule has 1 aliphatic heterocycles. The van der Waals surface area contributed by atoms with Crippen LogP contribution in [0, 0.1) is 0 Å². The van der Waals surface area contributed by atoms with Gasteiger partial charge in [0.15, 0.2) is 0 Å². The number of nitrogens with zero attached hydrogens (tertiary/aromatic N) is 1. The lowest BCUT2D eigenvalue weighted by Crippen LogP contribution is -2.38. The van der Waals surface area contributed by atoms with Gasteiger partial charge >= 0.3 is 5.97 Å². The van der Waals surface area contributed by atoms with Crippen molar-refractivity contribution in [3.05, 3.63) is 20.8 Å². The molecule has 92 valence electrons. The normalized spacial score (nSPS) is 24.0. The predicted octanol–water partition coefficient (Wildman–Crippen LogP) is 2.15. The second kappa shape index (κ2) is 4.38. The summed E-state index contributed by atoms with van der Waals surface area (Å²) in [7, 11) is 0. The molecule has 0 saturated carbocycles. The number of carboxylic acid groups (broad SMARTS) is 1. The first-order valence-corrected chi connectivity index (χ1v) is 6.56. The quantitative estimate of drug-likeness (QED) is 0.908. The topological polar surface area (TPSA) is 57.6 Å². The smallest absolute Gasteiger partial charge is 0.343 e. The Morgan fingerprint density at radius 2 is 2.29 bits per heavy atom. The van der Waals surface area contributed by atoms with E-state index < -0.39 is 11.6 Å². The highest BCUT2D eigenvalue weighted by Gasteiger charge is 2.47. The first kappa shape index (κ1) is 12.5. The SMILES string of the molecule is O=C(c1sccc1Br)N1CCC(F)(C(=O)O)C1. The van der Waals surface area contributed by atoms with Gasteiger partial charge in [-0.25, -0.2) is 9.18 Å². The van der Waals surface area contributed by atoms with Crippen molar-refractivity contribution in [3.8, 4) is 0 Å². The van der Waals surface area contributed by atoms with Gasteiger partial charge in [0.1, 0.15) is 4.88 Å². The second-order valence-electron chi connectivity index (χ2n) is 3.84. The van der Waals surface area contributed by atoms with Gasteiger partial charge in [0.05, 0.1) is 6.54 Å². The van der Waals surface area contributed by atoms with Gasteiger partial charge in [-0.05, 0) is 27.4 Å². The summed E-state index contributed by atoms with van der Waals surface area (Å²) in [6.07, 6.45) is -0.156. The Hall–Kier alpha value is -0.950. The van der Waals surface area contributed by atoms with Gasteiger partial charge < -0.3 is 10.0 Å². The van der Waals surface area contributed by atoms with Gasteiger partial charge in [-0.15, -0.1) is 11.3 Å². The van der Waals surface area contributed by atoms with E-state index in [0.717, 1.165) is 0 Å². The monoisotopic (exact) mass is 321 g/mol. The third-order valence-corrected chi connectivity index (χ3v) is 4.53. The molecule has 1 amide bonds. The highest BCUT2D eigenvalue weighted by atomic mass is 79.9. The Morgan fingerprint density at radius 3 is 2.76 bits per heavy atom. The maximum Gasteiger partial charge on any atom is 0.343 e. The minimum absolute atomic E-state index is 0.131. The van der Waals surface area contributed by atoms with Gasteiger partial charge in [-0.3, -0.25) is 4.79 Å². The van der Waals surface area contributed by atoms with Crippen molar-refractivity contribution in [1.82, 2.24) is 4.90 Å². The molecular formula is C10H9BrFNO3S. The van der Waals surface area contributed by atoms with Crippen LogP contribution < -0.4 is 0 Å². The zero-order valence-corrected chi connectivity index (χ0v) is 11.1. The number of halogens is 2. The Kier molecular flexibility index (Phi) is 3.22. The van der Waals surface area contributed by atoms with E-state index in [1.165, 1.54) is 16.2 Å². The van der Waals surface area contributed by atoms with Gasteiger partial charge in [0.2, 0.25) is 5.67 Å². The van der Waals surface area contributed by atoms with E-state index in [4.69, 9.17) is 5.11 Å². The number of aliphatic carboxylic acids is 1. The van der Waals surface area contributed by atoms with Gasteiger partial charge in [-0.2, -0.15) is 0 Å². The summed E-state index contributed by atoms with van der Waals surface area (Å²) in [4.78, 5) is 24.4. The minimum atomic E-state index is -2.31. The van der Waals surface area contributed by atoms with E-state index in [0.29, 0.717) is 9.35 Å². The number of hydrogen-bond donors (Lipinski definition) is 1. The third kappa shape index (κ3) is 2.21. The van der Waals surface area contributed by atoms with Crippen molar-refractivity contribution in [2.75, 3.05) is 13.1 Å². The fourth-order valence-corrected chi connectivity index (χ4v) is 3.22. The molecule has 2 heterocycles. The molecule has 0 spiro atoms. The molecule has 0 radical (unpaired) electrons. The number of carbonyl (C=O) groups is 2. The second-order valence-corrected chi connectivity index (χ2v) is 5.62. The molecule has 2 rings (SSSR count). The van der Waals surface area contributed by atoms with Crippen molar-refractivity contribution in [2.45, 2.75) is 12.1 Å². The molecule has 0 aromatic carbocycles. The molecule has 4 nitrogen and oxygen atoms in total. The largest absolute Gasteiger partial charge is 0.479 e. The van der Waals surface area contributed by atoms with Crippen molar-refractivity contribution in [3.63, 3.8) is 0 Å². The number of carboxylic acids is 1. The van der Waals surface area contributed by atoms with Crippen LogP contribution in [0.2, 0.25) is 0 Å². The number of alkyl halides is 1. The van der Waals surface area contributed by atoms with Crippen molar-refractivity contribution >= 4 is 39.1 Å². The standard InChI is InChI=1S/C10H9BrFNO3S/c11-6-1-4-17-7(6)8(14)13-3-2-10(12,5-13)9(15)16/h1,4H,2-3,5H2,(H,15,16). The molecule has 1 aromatic heterocycles. The van der Waals surface area contributed by atoms with Crippen LogP contribution in [0.15, 0.2) is 15.9 Å². The van der Waals surface area contributed by atoms with Crippen LogP contribution >= 0.6 is 27.3 Å².